The molecule has 1 aromatic heterocycles. The minimum atomic E-state index is -0.580. The number of pyridine rings is 1. The van der Waals surface area contributed by atoms with Crippen molar-refractivity contribution >= 4 is 16.8 Å². The number of piperidine rings is 1. The van der Waals surface area contributed by atoms with Crippen LogP contribution in [0.15, 0.2) is 72.9 Å². The van der Waals surface area contributed by atoms with Crippen molar-refractivity contribution in [2.75, 3.05) is 0 Å². The molecule has 0 aliphatic carbocycles. The van der Waals surface area contributed by atoms with Crippen molar-refractivity contribution in [2.45, 2.75) is 43.8 Å². The van der Waals surface area contributed by atoms with Gasteiger partial charge in [0, 0.05) is 35.3 Å². The molecule has 2 bridgehead atoms. The van der Waals surface area contributed by atoms with Gasteiger partial charge in [-0.1, -0.05) is 24.3 Å². The SMILES string of the molecule is N#Cc1ccc(-c2cc(C(=O)N3[C@@H]4CC[C@H]3CC(N)C4)ccc2-c2ccc3ncccc3c2)cc1F. The van der Waals surface area contributed by atoms with Crippen LogP contribution in [0.25, 0.3) is 33.2 Å². The average molecular weight is 477 g/mol. The minimum Gasteiger partial charge on any atom is -0.333 e. The van der Waals surface area contributed by atoms with Crippen LogP contribution in [0.4, 0.5) is 4.39 Å². The van der Waals surface area contributed by atoms with Crippen molar-refractivity contribution in [2.24, 2.45) is 5.73 Å². The van der Waals surface area contributed by atoms with Crippen LogP contribution in [0.1, 0.15) is 41.6 Å². The second-order valence-electron chi connectivity index (χ2n) is 9.81. The smallest absolute Gasteiger partial charge is 0.254 e. The molecule has 5 nitrogen and oxygen atoms in total. The second kappa shape index (κ2) is 8.85. The quantitative estimate of drug-likeness (QED) is 0.413. The third kappa shape index (κ3) is 3.82. The monoisotopic (exact) mass is 476 g/mol. The number of halogens is 1. The lowest BCUT2D eigenvalue weighted by molar-refractivity contribution is 0.0575. The van der Waals surface area contributed by atoms with Crippen LogP contribution < -0.4 is 5.73 Å². The zero-order valence-corrected chi connectivity index (χ0v) is 19.7. The number of rotatable bonds is 3. The van der Waals surface area contributed by atoms with Crippen LogP contribution in [-0.4, -0.2) is 33.9 Å². The normalized spacial score (nSPS) is 20.9. The molecule has 2 aliphatic heterocycles. The molecule has 2 saturated heterocycles. The number of carbonyl (C=O) groups is 1. The molecule has 178 valence electrons. The molecule has 0 spiro atoms. The van der Waals surface area contributed by atoms with Crippen LogP contribution in [0.5, 0.6) is 0 Å². The van der Waals surface area contributed by atoms with Crippen molar-refractivity contribution in [3.8, 4) is 28.3 Å². The molecule has 3 aromatic carbocycles. The molecule has 2 N–H and O–H groups in total. The fourth-order valence-electron chi connectivity index (χ4n) is 5.88. The lowest BCUT2D eigenvalue weighted by atomic mass is 9.90. The van der Waals surface area contributed by atoms with Crippen LogP contribution in [0, 0.1) is 17.1 Å². The molecule has 36 heavy (non-hydrogen) atoms. The summed E-state index contributed by atoms with van der Waals surface area (Å²) >= 11 is 0. The van der Waals surface area contributed by atoms with E-state index in [2.05, 4.69) is 11.1 Å². The highest BCUT2D eigenvalue weighted by molar-refractivity contribution is 5.99. The largest absolute Gasteiger partial charge is 0.333 e. The number of benzene rings is 3. The molecule has 2 aliphatic rings. The number of amides is 1. The molecule has 0 saturated carbocycles. The number of nitrogens with zero attached hydrogens (tertiary/aromatic N) is 3. The Morgan fingerprint density at radius 3 is 2.47 bits per heavy atom. The van der Waals surface area contributed by atoms with Gasteiger partial charge in [-0.25, -0.2) is 4.39 Å². The zero-order chi connectivity index (χ0) is 24.8. The van der Waals surface area contributed by atoms with Crippen LogP contribution in [0.2, 0.25) is 0 Å². The van der Waals surface area contributed by atoms with Crippen molar-refractivity contribution in [1.82, 2.24) is 9.88 Å². The number of hydrogen-bond acceptors (Lipinski definition) is 4. The van der Waals surface area contributed by atoms with E-state index >= 15 is 0 Å². The molecular formula is C30H25FN4O. The van der Waals surface area contributed by atoms with E-state index in [4.69, 9.17) is 5.73 Å². The van der Waals surface area contributed by atoms with Gasteiger partial charge in [0.25, 0.3) is 5.91 Å². The standard InChI is InChI=1S/C30H25FN4O/c31-28-14-19(3-4-22(28)17-32)27-13-21(30(36)35-24-7-8-25(35)16-23(33)15-24)5-9-26(27)18-6-10-29-20(12-18)2-1-11-34-29/h1-6,9-14,23-25H,7-8,15-16,33H2/t23?,24-,25+. The molecular weight excluding hydrogens is 451 g/mol. The Morgan fingerprint density at radius 1 is 0.972 bits per heavy atom. The number of nitriles is 1. The Morgan fingerprint density at radius 2 is 1.72 bits per heavy atom. The fourth-order valence-corrected chi connectivity index (χ4v) is 5.88. The lowest BCUT2D eigenvalue weighted by Crippen LogP contribution is -2.50. The number of carbonyl (C=O) groups excluding carboxylic acids is 1. The number of fused-ring (bicyclic) bond motifs is 3. The first-order chi connectivity index (χ1) is 17.5. The lowest BCUT2D eigenvalue weighted by Gasteiger charge is -2.38. The van der Waals surface area contributed by atoms with E-state index in [0.29, 0.717) is 11.1 Å². The summed E-state index contributed by atoms with van der Waals surface area (Å²) in [7, 11) is 0. The predicted octanol–water partition coefficient (Wildman–Crippen LogP) is 5.67. The number of aromatic nitrogens is 1. The topological polar surface area (TPSA) is 83.0 Å². The van der Waals surface area contributed by atoms with Gasteiger partial charge in [-0.3, -0.25) is 9.78 Å². The summed E-state index contributed by atoms with van der Waals surface area (Å²) in [6, 6.07) is 22.5. The molecule has 6 heteroatoms. The summed E-state index contributed by atoms with van der Waals surface area (Å²) in [5.41, 5.74) is 10.9. The molecule has 1 amide bonds. The van der Waals surface area contributed by atoms with E-state index in [1.807, 2.05) is 53.4 Å². The molecule has 3 heterocycles. The van der Waals surface area contributed by atoms with Gasteiger partial charge in [0.1, 0.15) is 11.9 Å². The van der Waals surface area contributed by atoms with Gasteiger partial charge in [0.15, 0.2) is 0 Å². The maximum absolute atomic E-state index is 14.7. The second-order valence-corrected chi connectivity index (χ2v) is 9.81. The predicted molar refractivity (Wildman–Crippen MR) is 137 cm³/mol. The highest BCUT2D eigenvalue weighted by Crippen LogP contribution is 2.39. The summed E-state index contributed by atoms with van der Waals surface area (Å²) in [5.74, 6) is -0.581. The van der Waals surface area contributed by atoms with Gasteiger partial charge in [-0.2, -0.15) is 5.26 Å². The van der Waals surface area contributed by atoms with Gasteiger partial charge >= 0.3 is 0 Å². The summed E-state index contributed by atoms with van der Waals surface area (Å²) < 4.78 is 14.7. The van der Waals surface area contributed by atoms with E-state index < -0.39 is 5.82 Å². The zero-order valence-electron chi connectivity index (χ0n) is 19.7. The molecule has 1 unspecified atom stereocenters. The average Bonchev–Trinajstić information content (AvgIpc) is 3.18. The van der Waals surface area contributed by atoms with Crippen molar-refractivity contribution in [3.05, 3.63) is 89.9 Å². The highest BCUT2D eigenvalue weighted by Gasteiger charge is 2.42. The van der Waals surface area contributed by atoms with E-state index in [-0.39, 0.29) is 29.6 Å². The van der Waals surface area contributed by atoms with E-state index in [9.17, 15) is 14.4 Å². The van der Waals surface area contributed by atoms with Gasteiger partial charge in [-0.05, 0) is 90.4 Å². The van der Waals surface area contributed by atoms with E-state index in [1.165, 1.54) is 12.1 Å². The molecule has 0 radical (unpaired) electrons. The first-order valence-corrected chi connectivity index (χ1v) is 12.3. The van der Waals surface area contributed by atoms with Crippen molar-refractivity contribution < 1.29 is 9.18 Å². The fraction of sp³-hybridized carbons (Fsp3) is 0.233. The number of hydrogen-bond donors (Lipinski definition) is 1. The Labute approximate surface area is 209 Å². The maximum atomic E-state index is 14.7. The van der Waals surface area contributed by atoms with Crippen LogP contribution >= 0.6 is 0 Å². The minimum absolute atomic E-state index is 0.000900. The molecule has 6 rings (SSSR count). The van der Waals surface area contributed by atoms with Gasteiger partial charge in [-0.15, -0.1) is 0 Å². The molecule has 2 fully saturated rings. The van der Waals surface area contributed by atoms with E-state index in [1.54, 1.807) is 12.3 Å². The Balaban J connectivity index is 1.47. The van der Waals surface area contributed by atoms with Crippen molar-refractivity contribution in [1.29, 1.82) is 5.26 Å². The third-order valence-corrected chi connectivity index (χ3v) is 7.59. The van der Waals surface area contributed by atoms with Gasteiger partial charge < -0.3 is 10.6 Å². The molecule has 4 aromatic rings. The first kappa shape index (κ1) is 22.4. The Hall–Kier alpha value is -4.08. The van der Waals surface area contributed by atoms with Crippen LogP contribution in [-0.2, 0) is 0 Å². The summed E-state index contributed by atoms with van der Waals surface area (Å²) in [4.78, 5) is 20.1. The third-order valence-electron chi connectivity index (χ3n) is 7.59. The summed E-state index contributed by atoms with van der Waals surface area (Å²) in [6.07, 6.45) is 5.40. The van der Waals surface area contributed by atoms with Crippen LogP contribution in [0.3, 0.4) is 0 Å². The summed E-state index contributed by atoms with van der Waals surface area (Å²) in [5, 5.41) is 10.2. The van der Waals surface area contributed by atoms with Gasteiger partial charge in [0.05, 0.1) is 11.1 Å². The highest BCUT2D eigenvalue weighted by atomic mass is 19.1. The Bertz CT molecular complexity index is 1530. The number of nitrogens with two attached hydrogens (primary N) is 1. The summed E-state index contributed by atoms with van der Waals surface area (Å²) in [6.45, 7) is 0. The van der Waals surface area contributed by atoms with Crippen molar-refractivity contribution in [3.63, 3.8) is 0 Å². The maximum Gasteiger partial charge on any atom is 0.254 e. The van der Waals surface area contributed by atoms with Gasteiger partial charge in [0.2, 0.25) is 0 Å². The first-order valence-electron chi connectivity index (χ1n) is 12.3. The molecule has 3 atom stereocenters. The Kier molecular flexibility index (Phi) is 5.50. The van der Waals surface area contributed by atoms with E-state index in [0.717, 1.165) is 53.3 Å².